The zero-order valence-electron chi connectivity index (χ0n) is 11.5. The van der Waals surface area contributed by atoms with Crippen LogP contribution in [-0.2, 0) is 14.3 Å². The highest BCUT2D eigenvalue weighted by Crippen LogP contribution is 2.37. The largest absolute Gasteiger partial charge is 0.451 e. The molecule has 21 heavy (non-hydrogen) atoms. The molecule has 0 spiro atoms. The fourth-order valence-corrected chi connectivity index (χ4v) is 2.42. The first kappa shape index (κ1) is 13.1. The molecule has 2 aliphatic heterocycles. The van der Waals surface area contributed by atoms with E-state index in [-0.39, 0.29) is 5.57 Å². The lowest BCUT2D eigenvalue weighted by Gasteiger charge is -2.19. The van der Waals surface area contributed by atoms with Crippen molar-refractivity contribution in [3.63, 3.8) is 0 Å². The van der Waals surface area contributed by atoms with Crippen LogP contribution in [0.15, 0.2) is 41.5 Å². The van der Waals surface area contributed by atoms with E-state index in [0.717, 1.165) is 0 Å². The Hall–Kier alpha value is -2.87. The first-order valence-electron chi connectivity index (χ1n) is 6.35. The molecule has 1 aromatic rings. The first-order chi connectivity index (χ1) is 9.94. The van der Waals surface area contributed by atoms with Crippen molar-refractivity contribution in [2.75, 3.05) is 0 Å². The summed E-state index contributed by atoms with van der Waals surface area (Å²) >= 11 is 0. The second kappa shape index (κ2) is 4.32. The van der Waals surface area contributed by atoms with E-state index in [1.54, 1.807) is 38.1 Å². The van der Waals surface area contributed by atoms with Crippen LogP contribution in [0.5, 0.6) is 0 Å². The van der Waals surface area contributed by atoms with Crippen molar-refractivity contribution in [2.24, 2.45) is 0 Å². The van der Waals surface area contributed by atoms with Crippen molar-refractivity contribution < 1.29 is 19.1 Å². The molecule has 0 aliphatic carbocycles. The number of carbonyl (C=O) groups is 2. The van der Waals surface area contributed by atoms with Crippen LogP contribution in [0.1, 0.15) is 29.8 Å². The Morgan fingerprint density at radius 1 is 1.14 bits per heavy atom. The number of rotatable bonds is 1. The molecular weight excluding hydrogens is 270 g/mol. The molecule has 5 heteroatoms. The third kappa shape index (κ3) is 1.93. The fourth-order valence-electron chi connectivity index (χ4n) is 2.42. The molecule has 0 saturated carbocycles. The number of esters is 2. The van der Waals surface area contributed by atoms with Gasteiger partial charge in [0.25, 0.3) is 0 Å². The summed E-state index contributed by atoms with van der Waals surface area (Å²) in [5.74, 6) is -0.782. The molecule has 2 aliphatic rings. The molecule has 0 N–H and O–H groups in total. The minimum absolute atomic E-state index is 0.0621. The predicted octanol–water partition coefficient (Wildman–Crippen LogP) is 2.35. The van der Waals surface area contributed by atoms with Crippen LogP contribution in [-0.4, -0.2) is 17.5 Å². The van der Waals surface area contributed by atoms with Gasteiger partial charge in [-0.1, -0.05) is 18.2 Å². The number of ether oxygens (including phenoxy) is 2. The van der Waals surface area contributed by atoms with Crippen LogP contribution in [0.4, 0.5) is 0 Å². The molecule has 5 nitrogen and oxygen atoms in total. The lowest BCUT2D eigenvalue weighted by molar-refractivity contribution is -0.144. The molecule has 0 fully saturated rings. The van der Waals surface area contributed by atoms with Gasteiger partial charge in [-0.2, -0.15) is 5.26 Å². The third-order valence-corrected chi connectivity index (χ3v) is 3.47. The quantitative estimate of drug-likeness (QED) is 0.738. The lowest BCUT2D eigenvalue weighted by Crippen LogP contribution is -2.22. The minimum atomic E-state index is -0.931. The summed E-state index contributed by atoms with van der Waals surface area (Å²) in [7, 11) is 0. The fraction of sp³-hybridized carbons (Fsp3) is 0.188. The molecule has 2 heterocycles. The van der Waals surface area contributed by atoms with Crippen molar-refractivity contribution in [2.45, 2.75) is 19.4 Å². The number of fused-ring (bicyclic) bond motifs is 1. The average molecular weight is 281 g/mol. The van der Waals surface area contributed by atoms with Gasteiger partial charge in [0.1, 0.15) is 23.0 Å². The maximum Gasteiger partial charge on any atom is 0.350 e. The van der Waals surface area contributed by atoms with E-state index in [2.05, 4.69) is 0 Å². The second-order valence-electron chi connectivity index (χ2n) is 5.24. The zero-order valence-corrected chi connectivity index (χ0v) is 11.5. The molecule has 1 aromatic carbocycles. The van der Waals surface area contributed by atoms with E-state index in [1.807, 2.05) is 6.07 Å². The second-order valence-corrected chi connectivity index (χ2v) is 5.24. The normalized spacial score (nSPS) is 21.1. The van der Waals surface area contributed by atoms with Gasteiger partial charge in [0.15, 0.2) is 0 Å². The van der Waals surface area contributed by atoms with E-state index in [4.69, 9.17) is 14.7 Å². The standard InChI is InChI=1S/C16H11NO4/c1-16(2)12(11(8-17)15(19)21-16)7-13-9-5-3-4-6-10(9)14(18)20-13/h3-7H,1-2H3/b13-7-. The molecule has 0 unspecified atom stereocenters. The van der Waals surface area contributed by atoms with Crippen LogP contribution >= 0.6 is 0 Å². The van der Waals surface area contributed by atoms with Gasteiger partial charge in [-0.3, -0.25) is 0 Å². The number of carbonyl (C=O) groups excluding carboxylic acids is 2. The zero-order chi connectivity index (χ0) is 15.2. The lowest BCUT2D eigenvalue weighted by atomic mass is 9.94. The Bertz CT molecular complexity index is 778. The molecule has 104 valence electrons. The molecular formula is C16H11NO4. The van der Waals surface area contributed by atoms with E-state index in [0.29, 0.717) is 22.5 Å². The molecule has 0 bridgehead atoms. The molecule has 0 radical (unpaired) electrons. The average Bonchev–Trinajstić information content (AvgIpc) is 2.86. The summed E-state index contributed by atoms with van der Waals surface area (Å²) in [6, 6.07) is 8.80. The smallest absolute Gasteiger partial charge is 0.350 e. The first-order valence-corrected chi connectivity index (χ1v) is 6.35. The van der Waals surface area contributed by atoms with Gasteiger partial charge in [-0.05, 0) is 26.0 Å². The maximum absolute atomic E-state index is 11.8. The van der Waals surface area contributed by atoms with Gasteiger partial charge < -0.3 is 9.47 Å². The summed E-state index contributed by atoms with van der Waals surface area (Å²) in [5.41, 5.74) is 0.523. The maximum atomic E-state index is 11.8. The van der Waals surface area contributed by atoms with Crippen molar-refractivity contribution in [1.82, 2.24) is 0 Å². The van der Waals surface area contributed by atoms with Crippen LogP contribution < -0.4 is 0 Å². The van der Waals surface area contributed by atoms with E-state index in [9.17, 15) is 9.59 Å². The summed E-state index contributed by atoms with van der Waals surface area (Å²) in [6.45, 7) is 3.37. The van der Waals surface area contributed by atoms with Crippen LogP contribution in [0.2, 0.25) is 0 Å². The van der Waals surface area contributed by atoms with Crippen molar-refractivity contribution in [3.8, 4) is 6.07 Å². The number of nitriles is 1. The highest BCUT2D eigenvalue weighted by Gasteiger charge is 2.40. The van der Waals surface area contributed by atoms with Gasteiger partial charge in [-0.15, -0.1) is 0 Å². The predicted molar refractivity (Wildman–Crippen MR) is 72.6 cm³/mol. The summed E-state index contributed by atoms with van der Waals surface area (Å²) in [5, 5.41) is 9.11. The summed E-state index contributed by atoms with van der Waals surface area (Å²) < 4.78 is 10.4. The van der Waals surface area contributed by atoms with E-state index >= 15 is 0 Å². The Balaban J connectivity index is 2.16. The molecule has 0 atom stereocenters. The number of nitrogens with zero attached hydrogens (tertiary/aromatic N) is 1. The SMILES string of the molecule is CC1(C)OC(=O)C(C#N)=C1/C=C1\OC(=O)c2ccccc21. The molecule has 0 aromatic heterocycles. The number of benzene rings is 1. The van der Waals surface area contributed by atoms with Crippen molar-refractivity contribution >= 4 is 17.7 Å². The van der Waals surface area contributed by atoms with E-state index in [1.165, 1.54) is 6.08 Å². The van der Waals surface area contributed by atoms with Gasteiger partial charge in [0, 0.05) is 11.1 Å². The summed E-state index contributed by atoms with van der Waals surface area (Å²) in [6.07, 6.45) is 1.53. The van der Waals surface area contributed by atoms with Gasteiger partial charge in [-0.25, -0.2) is 9.59 Å². The van der Waals surface area contributed by atoms with Crippen LogP contribution in [0.25, 0.3) is 5.76 Å². The number of cyclic esters (lactones) is 2. The molecule has 0 saturated heterocycles. The third-order valence-electron chi connectivity index (χ3n) is 3.47. The topological polar surface area (TPSA) is 76.4 Å². The van der Waals surface area contributed by atoms with Gasteiger partial charge in [0.05, 0.1) is 5.56 Å². The Morgan fingerprint density at radius 3 is 2.48 bits per heavy atom. The molecule has 0 amide bonds. The van der Waals surface area contributed by atoms with Crippen LogP contribution in [0, 0.1) is 11.3 Å². The molecule has 3 rings (SSSR count). The van der Waals surface area contributed by atoms with Crippen molar-refractivity contribution in [3.05, 3.63) is 52.6 Å². The Kier molecular flexibility index (Phi) is 2.70. The van der Waals surface area contributed by atoms with Crippen LogP contribution in [0.3, 0.4) is 0 Å². The Morgan fingerprint density at radius 2 is 1.81 bits per heavy atom. The van der Waals surface area contributed by atoms with Gasteiger partial charge in [0.2, 0.25) is 0 Å². The number of hydrogen-bond donors (Lipinski definition) is 0. The minimum Gasteiger partial charge on any atom is -0.451 e. The summed E-state index contributed by atoms with van der Waals surface area (Å²) in [4.78, 5) is 23.5. The van der Waals surface area contributed by atoms with Gasteiger partial charge >= 0.3 is 11.9 Å². The Labute approximate surface area is 121 Å². The number of hydrogen-bond acceptors (Lipinski definition) is 5. The monoisotopic (exact) mass is 281 g/mol. The highest BCUT2D eigenvalue weighted by molar-refractivity contribution is 6.04. The van der Waals surface area contributed by atoms with Crippen molar-refractivity contribution in [1.29, 1.82) is 5.26 Å². The highest BCUT2D eigenvalue weighted by atomic mass is 16.6. The van der Waals surface area contributed by atoms with E-state index < -0.39 is 17.5 Å².